The maximum atomic E-state index is 10.6. The first-order chi connectivity index (χ1) is 15.5. The number of primary amides is 2. The van der Waals surface area contributed by atoms with Crippen LogP contribution in [0.1, 0.15) is 11.1 Å². The van der Waals surface area contributed by atoms with Gasteiger partial charge in [0.1, 0.15) is 23.0 Å². The smallest absolute Gasteiger partial charge is 0.332 e. The van der Waals surface area contributed by atoms with E-state index in [0.717, 1.165) is 11.1 Å². The van der Waals surface area contributed by atoms with Crippen LogP contribution in [0.2, 0.25) is 0 Å². The zero-order chi connectivity index (χ0) is 22.8. The van der Waals surface area contributed by atoms with Crippen molar-refractivity contribution < 1.29 is 19.1 Å². The molecule has 0 atom stereocenters. The molecule has 0 unspecified atom stereocenters. The Hall–Kier alpha value is -4.86. The van der Waals surface area contributed by atoms with Gasteiger partial charge in [-0.15, -0.1) is 0 Å². The summed E-state index contributed by atoms with van der Waals surface area (Å²) in [5.41, 5.74) is 15.7. The van der Waals surface area contributed by atoms with E-state index in [9.17, 15) is 9.59 Å². The standard InChI is InChI=1S/C22H20N6O4/c23-21(29)27-25-13-15-1-5-17(6-2-15)31-19-9-11-20(12-10-19)32-18-7-3-16(4-8-18)14-26-28-22(24)30/h1-14H,(H3,23,27,29)(H3,24,28,30)/b25-13+,26-14+. The third-order valence-corrected chi connectivity index (χ3v) is 3.83. The molecule has 0 aromatic heterocycles. The molecule has 0 fully saturated rings. The molecule has 0 radical (unpaired) electrons. The summed E-state index contributed by atoms with van der Waals surface area (Å²) in [5, 5.41) is 7.39. The topological polar surface area (TPSA) is 153 Å². The minimum absolute atomic E-state index is 0.641. The largest absolute Gasteiger partial charge is 0.457 e. The average Bonchev–Trinajstić information content (AvgIpc) is 2.77. The highest BCUT2D eigenvalue weighted by Crippen LogP contribution is 2.27. The lowest BCUT2D eigenvalue weighted by molar-refractivity contribution is 0.248. The second-order valence-electron chi connectivity index (χ2n) is 6.28. The van der Waals surface area contributed by atoms with Crippen molar-refractivity contribution in [3.8, 4) is 23.0 Å². The van der Waals surface area contributed by atoms with Gasteiger partial charge >= 0.3 is 12.1 Å². The summed E-state index contributed by atoms with van der Waals surface area (Å²) >= 11 is 0. The molecule has 3 aromatic carbocycles. The molecule has 0 heterocycles. The molecule has 0 aliphatic rings. The maximum absolute atomic E-state index is 10.6. The molecule has 0 aliphatic carbocycles. The number of carbonyl (C=O) groups is 2. The van der Waals surface area contributed by atoms with Gasteiger partial charge in [0.2, 0.25) is 0 Å². The van der Waals surface area contributed by atoms with E-state index in [0.29, 0.717) is 23.0 Å². The summed E-state index contributed by atoms with van der Waals surface area (Å²) in [6.07, 6.45) is 2.94. The van der Waals surface area contributed by atoms with Crippen molar-refractivity contribution in [2.45, 2.75) is 0 Å². The minimum Gasteiger partial charge on any atom is -0.457 e. The highest BCUT2D eigenvalue weighted by molar-refractivity contribution is 5.82. The van der Waals surface area contributed by atoms with Crippen LogP contribution in [0.3, 0.4) is 0 Å². The van der Waals surface area contributed by atoms with Crippen molar-refractivity contribution in [2.75, 3.05) is 0 Å². The number of ether oxygens (including phenoxy) is 2. The summed E-state index contributed by atoms with van der Waals surface area (Å²) < 4.78 is 11.6. The van der Waals surface area contributed by atoms with Crippen LogP contribution in [0.25, 0.3) is 0 Å². The van der Waals surface area contributed by atoms with E-state index in [2.05, 4.69) is 21.1 Å². The molecule has 10 nitrogen and oxygen atoms in total. The fraction of sp³-hybridized carbons (Fsp3) is 0. The highest BCUT2D eigenvalue weighted by atomic mass is 16.5. The van der Waals surface area contributed by atoms with Gasteiger partial charge in [0, 0.05) is 0 Å². The normalized spacial score (nSPS) is 10.8. The SMILES string of the molecule is NC(=O)N/N=C/c1ccc(Oc2ccc(Oc3ccc(/C=N/NC(N)=O)cc3)cc2)cc1. The van der Waals surface area contributed by atoms with Gasteiger partial charge in [-0.1, -0.05) is 0 Å². The van der Waals surface area contributed by atoms with Crippen LogP contribution in [0, 0.1) is 0 Å². The number of nitrogens with zero attached hydrogens (tertiary/aromatic N) is 2. The van der Waals surface area contributed by atoms with Crippen molar-refractivity contribution in [1.29, 1.82) is 0 Å². The van der Waals surface area contributed by atoms with Gasteiger partial charge in [-0.2, -0.15) is 10.2 Å². The molecule has 0 bridgehead atoms. The monoisotopic (exact) mass is 432 g/mol. The number of hydrogen-bond acceptors (Lipinski definition) is 6. The van der Waals surface area contributed by atoms with Crippen LogP contribution < -0.4 is 31.8 Å². The van der Waals surface area contributed by atoms with E-state index in [1.165, 1.54) is 12.4 Å². The number of nitrogens with two attached hydrogens (primary N) is 2. The van der Waals surface area contributed by atoms with E-state index in [1.807, 2.05) is 0 Å². The summed E-state index contributed by atoms with van der Waals surface area (Å²) in [4.78, 5) is 21.2. The number of hydrazone groups is 2. The quantitative estimate of drug-likeness (QED) is 0.319. The predicted molar refractivity (Wildman–Crippen MR) is 120 cm³/mol. The third kappa shape index (κ3) is 7.19. The number of benzene rings is 3. The Bertz CT molecular complexity index is 1020. The Labute approximate surface area is 183 Å². The molecule has 32 heavy (non-hydrogen) atoms. The van der Waals surface area contributed by atoms with E-state index < -0.39 is 12.1 Å². The Balaban J connectivity index is 1.53. The van der Waals surface area contributed by atoms with Crippen LogP contribution >= 0.6 is 0 Å². The summed E-state index contributed by atoms with van der Waals surface area (Å²) in [6, 6.07) is 20.0. The molecule has 0 spiro atoms. The molecule has 0 aliphatic heterocycles. The van der Waals surface area contributed by atoms with E-state index in [4.69, 9.17) is 20.9 Å². The molecule has 0 saturated heterocycles. The van der Waals surface area contributed by atoms with E-state index >= 15 is 0 Å². The fourth-order valence-corrected chi connectivity index (χ4v) is 2.43. The molecule has 10 heteroatoms. The lowest BCUT2D eigenvalue weighted by atomic mass is 10.2. The van der Waals surface area contributed by atoms with Gasteiger partial charge in [-0.25, -0.2) is 20.4 Å². The van der Waals surface area contributed by atoms with Crippen molar-refractivity contribution in [2.24, 2.45) is 21.7 Å². The number of urea groups is 2. The predicted octanol–water partition coefficient (Wildman–Crippen LogP) is 3.28. The minimum atomic E-state index is -0.727. The van der Waals surface area contributed by atoms with Crippen LogP contribution in [0.15, 0.2) is 83.0 Å². The third-order valence-electron chi connectivity index (χ3n) is 3.83. The lowest BCUT2D eigenvalue weighted by Gasteiger charge is -2.09. The number of nitrogens with one attached hydrogen (secondary N) is 2. The van der Waals surface area contributed by atoms with Crippen LogP contribution in [-0.4, -0.2) is 24.5 Å². The first-order valence-corrected chi connectivity index (χ1v) is 9.31. The molecule has 4 amide bonds. The Kier molecular flexibility index (Phi) is 7.36. The number of hydrogen-bond donors (Lipinski definition) is 4. The zero-order valence-corrected chi connectivity index (χ0v) is 16.8. The summed E-state index contributed by atoms with van der Waals surface area (Å²) in [6.45, 7) is 0. The molecule has 3 aromatic rings. The van der Waals surface area contributed by atoms with Gasteiger partial charge in [0.05, 0.1) is 12.4 Å². The molecule has 162 valence electrons. The van der Waals surface area contributed by atoms with Crippen molar-refractivity contribution in [1.82, 2.24) is 10.9 Å². The Morgan fingerprint density at radius 1 is 0.594 bits per heavy atom. The van der Waals surface area contributed by atoms with Gasteiger partial charge in [-0.3, -0.25) is 0 Å². The van der Waals surface area contributed by atoms with Crippen LogP contribution in [0.5, 0.6) is 23.0 Å². The van der Waals surface area contributed by atoms with E-state index in [1.54, 1.807) is 72.8 Å². The number of rotatable bonds is 8. The molecule has 0 saturated carbocycles. The summed E-state index contributed by atoms with van der Waals surface area (Å²) in [7, 11) is 0. The highest BCUT2D eigenvalue weighted by Gasteiger charge is 2.01. The number of amides is 4. The van der Waals surface area contributed by atoms with E-state index in [-0.39, 0.29) is 0 Å². The maximum Gasteiger partial charge on any atom is 0.332 e. The molecule has 6 N–H and O–H groups in total. The second kappa shape index (κ2) is 10.8. The first kappa shape index (κ1) is 21.8. The lowest BCUT2D eigenvalue weighted by Crippen LogP contribution is -2.24. The van der Waals surface area contributed by atoms with Gasteiger partial charge < -0.3 is 20.9 Å². The Morgan fingerprint density at radius 2 is 0.875 bits per heavy atom. The van der Waals surface area contributed by atoms with Gasteiger partial charge in [0.15, 0.2) is 0 Å². The van der Waals surface area contributed by atoms with Crippen molar-refractivity contribution in [3.63, 3.8) is 0 Å². The van der Waals surface area contributed by atoms with Crippen molar-refractivity contribution in [3.05, 3.63) is 83.9 Å². The zero-order valence-electron chi connectivity index (χ0n) is 16.8. The molecule has 3 rings (SSSR count). The fourth-order valence-electron chi connectivity index (χ4n) is 2.43. The second-order valence-corrected chi connectivity index (χ2v) is 6.28. The van der Waals surface area contributed by atoms with Crippen LogP contribution in [-0.2, 0) is 0 Å². The Morgan fingerprint density at radius 3 is 1.16 bits per heavy atom. The number of carbonyl (C=O) groups excluding carboxylic acids is 2. The van der Waals surface area contributed by atoms with Crippen LogP contribution in [0.4, 0.5) is 9.59 Å². The van der Waals surface area contributed by atoms with Gasteiger partial charge in [0.25, 0.3) is 0 Å². The van der Waals surface area contributed by atoms with Gasteiger partial charge in [-0.05, 0) is 83.9 Å². The first-order valence-electron chi connectivity index (χ1n) is 9.31. The molecular formula is C22H20N6O4. The van der Waals surface area contributed by atoms with Crippen molar-refractivity contribution >= 4 is 24.5 Å². The molecular weight excluding hydrogens is 412 g/mol. The average molecular weight is 432 g/mol. The summed E-state index contributed by atoms with van der Waals surface area (Å²) in [5.74, 6) is 2.56.